The van der Waals surface area contributed by atoms with Crippen LogP contribution in [-0.2, 0) is 24.8 Å². The zero-order valence-electron chi connectivity index (χ0n) is 9.38. The Morgan fingerprint density at radius 3 is 3.12 bits per heavy atom. The molecule has 2 N–H and O–H groups in total. The molecule has 0 spiro atoms. The first-order valence-electron chi connectivity index (χ1n) is 5.30. The Morgan fingerprint density at radius 1 is 1.69 bits per heavy atom. The second-order valence-electron chi connectivity index (χ2n) is 3.93. The molecule has 1 amide bonds. The molecule has 16 heavy (non-hydrogen) atoms. The number of hydrogen-bond donors (Lipinski definition) is 2. The normalized spacial score (nSPS) is 16.7. The Labute approximate surface area is 99.2 Å². The molecule has 1 atom stereocenters. The van der Waals surface area contributed by atoms with E-state index in [1.54, 1.807) is 11.6 Å². The Kier molecular flexibility index (Phi) is 3.16. The van der Waals surface area contributed by atoms with Crippen molar-refractivity contribution in [2.75, 3.05) is 11.9 Å². The summed E-state index contributed by atoms with van der Waals surface area (Å²) in [5.74, 6) is 0.553. The topological polar surface area (TPSA) is 59.0 Å². The number of amides is 1. The molecule has 1 aromatic rings. The average molecular weight is 243 g/mol. The number of carbonyl (C=O) groups is 1. The lowest BCUT2D eigenvalue weighted by atomic mass is 10.1. The molecule has 2 heterocycles. The summed E-state index contributed by atoms with van der Waals surface area (Å²) in [5.41, 5.74) is 2.12. The number of fused-ring (bicyclic) bond motifs is 1. The van der Waals surface area contributed by atoms with Gasteiger partial charge < -0.3 is 10.6 Å². The van der Waals surface area contributed by atoms with Crippen molar-refractivity contribution in [3.05, 3.63) is 11.3 Å². The van der Waals surface area contributed by atoms with Crippen LogP contribution >= 0.6 is 11.6 Å². The van der Waals surface area contributed by atoms with Crippen molar-refractivity contribution in [1.29, 1.82) is 0 Å². The fourth-order valence-electron chi connectivity index (χ4n) is 1.80. The third kappa shape index (κ3) is 2.05. The van der Waals surface area contributed by atoms with Gasteiger partial charge in [0.05, 0.1) is 5.69 Å². The molecule has 5 nitrogen and oxygen atoms in total. The van der Waals surface area contributed by atoms with Gasteiger partial charge in [0.1, 0.15) is 11.2 Å². The van der Waals surface area contributed by atoms with Crippen LogP contribution in [0.25, 0.3) is 0 Å². The summed E-state index contributed by atoms with van der Waals surface area (Å²) in [6.07, 6.45) is 0.898. The number of aryl methyl sites for hydroxylation is 1. The Balaban J connectivity index is 2.26. The average Bonchev–Trinajstić information content (AvgIpc) is 2.55. The maximum atomic E-state index is 11.5. The third-order valence-electron chi connectivity index (χ3n) is 2.67. The van der Waals surface area contributed by atoms with Gasteiger partial charge in [-0.25, -0.2) is 0 Å². The van der Waals surface area contributed by atoms with Gasteiger partial charge in [-0.1, -0.05) is 0 Å². The fourth-order valence-corrected chi connectivity index (χ4v) is 1.86. The van der Waals surface area contributed by atoms with Gasteiger partial charge in [-0.3, -0.25) is 9.48 Å². The standard InChI is InChI=1S/C10H15ClN4O/c1-6(11)10(16)13-9-7-5-12-4-3-8(7)14-15(9)2/h6,12H,3-5H2,1-2H3,(H,13,16). The SMILES string of the molecule is CC(Cl)C(=O)Nc1c2c(nn1C)CCNC2. The Morgan fingerprint density at radius 2 is 2.44 bits per heavy atom. The van der Waals surface area contributed by atoms with Gasteiger partial charge in [0.25, 0.3) is 0 Å². The predicted octanol–water partition coefficient (Wildman–Crippen LogP) is 0.632. The Hall–Kier alpha value is -1.07. The quantitative estimate of drug-likeness (QED) is 0.748. The van der Waals surface area contributed by atoms with E-state index in [1.807, 2.05) is 7.05 Å². The molecule has 0 saturated heterocycles. The lowest BCUT2D eigenvalue weighted by molar-refractivity contribution is -0.115. The summed E-state index contributed by atoms with van der Waals surface area (Å²) in [6.45, 7) is 3.33. The largest absolute Gasteiger partial charge is 0.312 e. The molecule has 1 aliphatic heterocycles. The van der Waals surface area contributed by atoms with Crippen molar-refractivity contribution < 1.29 is 4.79 Å². The van der Waals surface area contributed by atoms with E-state index in [9.17, 15) is 4.79 Å². The first-order chi connectivity index (χ1) is 7.59. The van der Waals surface area contributed by atoms with Crippen molar-refractivity contribution in [3.8, 4) is 0 Å². The molecule has 6 heteroatoms. The number of rotatable bonds is 2. The van der Waals surface area contributed by atoms with Crippen LogP contribution in [0.5, 0.6) is 0 Å². The zero-order valence-corrected chi connectivity index (χ0v) is 10.1. The van der Waals surface area contributed by atoms with Crippen LogP contribution in [0.3, 0.4) is 0 Å². The number of nitrogens with zero attached hydrogens (tertiary/aromatic N) is 2. The molecule has 0 aliphatic carbocycles. The molecule has 2 rings (SSSR count). The molecule has 1 aliphatic rings. The molecular weight excluding hydrogens is 228 g/mol. The number of carbonyl (C=O) groups excluding carboxylic acids is 1. The van der Waals surface area contributed by atoms with Gasteiger partial charge in [-0.2, -0.15) is 5.10 Å². The lowest BCUT2D eigenvalue weighted by Gasteiger charge is -2.13. The van der Waals surface area contributed by atoms with E-state index in [2.05, 4.69) is 15.7 Å². The summed E-state index contributed by atoms with van der Waals surface area (Å²) >= 11 is 5.72. The summed E-state index contributed by atoms with van der Waals surface area (Å²) in [6, 6.07) is 0. The smallest absolute Gasteiger partial charge is 0.243 e. The maximum absolute atomic E-state index is 11.5. The lowest BCUT2D eigenvalue weighted by Crippen LogP contribution is -2.26. The molecule has 1 unspecified atom stereocenters. The van der Waals surface area contributed by atoms with Crippen molar-refractivity contribution >= 4 is 23.3 Å². The number of anilines is 1. The molecule has 0 bridgehead atoms. The highest BCUT2D eigenvalue weighted by molar-refractivity contribution is 6.32. The monoisotopic (exact) mass is 242 g/mol. The molecule has 0 fully saturated rings. The van der Waals surface area contributed by atoms with Crippen molar-refractivity contribution in [2.45, 2.75) is 25.3 Å². The van der Waals surface area contributed by atoms with E-state index in [0.717, 1.165) is 36.6 Å². The van der Waals surface area contributed by atoms with Crippen LogP contribution < -0.4 is 10.6 Å². The van der Waals surface area contributed by atoms with E-state index < -0.39 is 5.38 Å². The molecule has 0 aromatic carbocycles. The minimum Gasteiger partial charge on any atom is -0.312 e. The third-order valence-corrected chi connectivity index (χ3v) is 2.87. The van der Waals surface area contributed by atoms with Gasteiger partial charge in [0.15, 0.2) is 0 Å². The highest BCUT2D eigenvalue weighted by atomic mass is 35.5. The van der Waals surface area contributed by atoms with Gasteiger partial charge in [0, 0.05) is 32.1 Å². The summed E-state index contributed by atoms with van der Waals surface area (Å²) < 4.78 is 1.70. The second-order valence-corrected chi connectivity index (χ2v) is 4.58. The van der Waals surface area contributed by atoms with E-state index >= 15 is 0 Å². The second kappa shape index (κ2) is 4.43. The number of alkyl halides is 1. The molecule has 0 radical (unpaired) electrons. The molecule has 0 saturated carbocycles. The number of halogens is 1. The van der Waals surface area contributed by atoms with Crippen LogP contribution in [0.1, 0.15) is 18.2 Å². The van der Waals surface area contributed by atoms with Crippen molar-refractivity contribution in [1.82, 2.24) is 15.1 Å². The maximum Gasteiger partial charge on any atom is 0.243 e. The van der Waals surface area contributed by atoms with Gasteiger partial charge in [-0.15, -0.1) is 11.6 Å². The van der Waals surface area contributed by atoms with Gasteiger partial charge in [0.2, 0.25) is 5.91 Å². The highest BCUT2D eigenvalue weighted by Gasteiger charge is 2.21. The van der Waals surface area contributed by atoms with Crippen LogP contribution in [-0.4, -0.2) is 27.6 Å². The Bertz CT molecular complexity index is 413. The minimum atomic E-state index is -0.540. The van der Waals surface area contributed by atoms with Crippen molar-refractivity contribution in [3.63, 3.8) is 0 Å². The summed E-state index contributed by atoms with van der Waals surface area (Å²) in [4.78, 5) is 11.5. The predicted molar refractivity (Wildman–Crippen MR) is 62.6 cm³/mol. The number of hydrogen-bond acceptors (Lipinski definition) is 3. The van der Waals surface area contributed by atoms with E-state index in [4.69, 9.17) is 11.6 Å². The van der Waals surface area contributed by atoms with Gasteiger partial charge in [-0.05, 0) is 6.92 Å². The van der Waals surface area contributed by atoms with Crippen LogP contribution in [0, 0.1) is 0 Å². The molecular formula is C10H15ClN4O. The van der Waals surface area contributed by atoms with Crippen LogP contribution in [0.2, 0.25) is 0 Å². The van der Waals surface area contributed by atoms with E-state index in [0.29, 0.717) is 0 Å². The zero-order chi connectivity index (χ0) is 11.7. The fraction of sp³-hybridized carbons (Fsp3) is 0.600. The van der Waals surface area contributed by atoms with Crippen LogP contribution in [0.15, 0.2) is 0 Å². The first kappa shape index (κ1) is 11.4. The summed E-state index contributed by atoms with van der Waals surface area (Å²) in [5, 5.41) is 9.91. The van der Waals surface area contributed by atoms with Gasteiger partial charge >= 0.3 is 0 Å². The van der Waals surface area contributed by atoms with Crippen molar-refractivity contribution in [2.24, 2.45) is 7.05 Å². The first-order valence-corrected chi connectivity index (χ1v) is 5.73. The molecule has 1 aromatic heterocycles. The highest BCUT2D eigenvalue weighted by Crippen LogP contribution is 2.22. The van der Waals surface area contributed by atoms with E-state index in [1.165, 1.54) is 0 Å². The summed E-state index contributed by atoms with van der Waals surface area (Å²) in [7, 11) is 1.83. The number of nitrogens with one attached hydrogen (secondary N) is 2. The van der Waals surface area contributed by atoms with Crippen LogP contribution in [0.4, 0.5) is 5.82 Å². The van der Waals surface area contributed by atoms with E-state index in [-0.39, 0.29) is 5.91 Å². The number of aromatic nitrogens is 2. The minimum absolute atomic E-state index is 0.196. The molecule has 88 valence electrons.